The Bertz CT molecular complexity index is 927. The summed E-state index contributed by atoms with van der Waals surface area (Å²) >= 11 is 0. The smallest absolute Gasteiger partial charge is 0.176 e. The minimum atomic E-state index is -0.113. The maximum Gasteiger partial charge on any atom is 0.176 e. The van der Waals surface area contributed by atoms with Gasteiger partial charge >= 0.3 is 0 Å². The molecule has 0 spiro atoms. The molecular formula is C22H23N3O. The number of aromatic amines is 1. The van der Waals surface area contributed by atoms with E-state index in [0.29, 0.717) is 5.92 Å². The molecule has 0 amide bonds. The molecule has 2 aliphatic carbocycles. The third-order valence-electron chi connectivity index (χ3n) is 5.95. The fourth-order valence-corrected chi connectivity index (χ4v) is 4.30. The first-order valence-corrected chi connectivity index (χ1v) is 9.34. The highest BCUT2D eigenvalue weighted by Gasteiger charge is 2.41. The summed E-state index contributed by atoms with van der Waals surface area (Å²) in [5, 5.41) is 9.30. The molecule has 0 radical (unpaired) electrons. The van der Waals surface area contributed by atoms with Gasteiger partial charge in [0, 0.05) is 23.1 Å². The lowest BCUT2D eigenvalue weighted by molar-refractivity contribution is -0.120. The zero-order valence-corrected chi connectivity index (χ0v) is 15.4. The molecule has 3 unspecified atom stereocenters. The molecule has 4 nitrogen and oxygen atoms in total. The zero-order chi connectivity index (χ0) is 18.4. The van der Waals surface area contributed by atoms with Crippen LogP contribution in [0.2, 0.25) is 0 Å². The highest BCUT2D eigenvalue weighted by atomic mass is 16.1. The van der Waals surface area contributed by atoms with Crippen molar-refractivity contribution in [3.05, 3.63) is 52.9 Å². The Morgan fingerprint density at radius 2 is 2.00 bits per heavy atom. The minimum absolute atomic E-state index is 0.0165. The number of rotatable bonds is 2. The molecular weight excluding hydrogens is 322 g/mol. The van der Waals surface area contributed by atoms with Crippen molar-refractivity contribution >= 4 is 5.78 Å². The summed E-state index contributed by atoms with van der Waals surface area (Å²) in [5.41, 5.74) is 4.83. The van der Waals surface area contributed by atoms with Crippen molar-refractivity contribution in [3.8, 4) is 17.5 Å². The standard InChI is InChI=1S/C22H23N3O/c1-12(2)14-4-6-15(7-5-14)22-24-19-9-8-17-13(3)21(26)16(11-23)10-18(17)20(19)25-22/h4-7,10,12-13,17-18H,8-9H2,1-3H3,(H,24,25). The SMILES string of the molecule is CC(C)c1ccc(-c2nc3c([nH]2)CCC2C(C)C(=O)C(C#N)=CC32)cc1. The molecule has 0 fully saturated rings. The van der Waals surface area contributed by atoms with Gasteiger partial charge in [-0.25, -0.2) is 4.98 Å². The Kier molecular flexibility index (Phi) is 4.03. The maximum atomic E-state index is 12.3. The van der Waals surface area contributed by atoms with E-state index >= 15 is 0 Å². The molecule has 132 valence electrons. The average molecular weight is 345 g/mol. The molecule has 26 heavy (non-hydrogen) atoms. The number of fused-ring (bicyclic) bond motifs is 3. The van der Waals surface area contributed by atoms with Crippen LogP contribution >= 0.6 is 0 Å². The summed E-state index contributed by atoms with van der Waals surface area (Å²) in [5.74, 6) is 1.55. The van der Waals surface area contributed by atoms with Gasteiger partial charge in [0.05, 0.1) is 11.3 Å². The fourth-order valence-electron chi connectivity index (χ4n) is 4.30. The summed E-state index contributed by atoms with van der Waals surface area (Å²) in [6.07, 6.45) is 3.70. The van der Waals surface area contributed by atoms with Gasteiger partial charge in [0.2, 0.25) is 0 Å². The molecule has 0 saturated carbocycles. The number of hydrogen-bond acceptors (Lipinski definition) is 3. The number of nitriles is 1. The van der Waals surface area contributed by atoms with Crippen LogP contribution in [0.4, 0.5) is 0 Å². The number of ketones is 1. The molecule has 0 saturated heterocycles. The number of nitrogens with one attached hydrogen (secondary N) is 1. The van der Waals surface area contributed by atoms with Crippen molar-refractivity contribution in [2.45, 2.75) is 45.4 Å². The average Bonchev–Trinajstić information content (AvgIpc) is 3.09. The quantitative estimate of drug-likeness (QED) is 0.870. The monoisotopic (exact) mass is 345 g/mol. The first-order chi connectivity index (χ1) is 12.5. The Balaban J connectivity index is 1.73. The lowest BCUT2D eigenvalue weighted by Gasteiger charge is -2.35. The van der Waals surface area contributed by atoms with Crippen LogP contribution < -0.4 is 0 Å². The van der Waals surface area contributed by atoms with Crippen LogP contribution in [-0.4, -0.2) is 15.8 Å². The molecule has 2 aliphatic rings. The highest BCUT2D eigenvalue weighted by molar-refractivity contribution is 6.01. The number of carbonyl (C=O) groups excluding carboxylic acids is 1. The van der Waals surface area contributed by atoms with E-state index in [-0.39, 0.29) is 29.1 Å². The van der Waals surface area contributed by atoms with Crippen LogP contribution in [0, 0.1) is 23.2 Å². The van der Waals surface area contributed by atoms with Crippen molar-refractivity contribution in [2.24, 2.45) is 11.8 Å². The largest absolute Gasteiger partial charge is 0.342 e. The second-order valence-electron chi connectivity index (χ2n) is 7.80. The Morgan fingerprint density at radius 1 is 1.27 bits per heavy atom. The van der Waals surface area contributed by atoms with E-state index in [1.54, 1.807) is 0 Å². The second kappa shape index (κ2) is 6.25. The van der Waals surface area contributed by atoms with Crippen molar-refractivity contribution in [3.63, 3.8) is 0 Å². The summed E-state index contributed by atoms with van der Waals surface area (Å²) < 4.78 is 0. The topological polar surface area (TPSA) is 69.5 Å². The summed E-state index contributed by atoms with van der Waals surface area (Å²) in [7, 11) is 0. The molecule has 4 heteroatoms. The van der Waals surface area contributed by atoms with E-state index < -0.39 is 0 Å². The minimum Gasteiger partial charge on any atom is -0.342 e. The molecule has 1 N–H and O–H groups in total. The molecule has 1 aromatic carbocycles. The van der Waals surface area contributed by atoms with E-state index in [0.717, 1.165) is 35.6 Å². The maximum absolute atomic E-state index is 12.3. The molecule has 1 aromatic heterocycles. The Morgan fingerprint density at radius 3 is 2.65 bits per heavy atom. The lowest BCUT2D eigenvalue weighted by Crippen LogP contribution is -2.34. The molecule has 1 heterocycles. The number of benzene rings is 1. The normalized spacial score (nSPS) is 24.7. The Hall–Kier alpha value is -2.67. The van der Waals surface area contributed by atoms with Crippen molar-refractivity contribution in [1.29, 1.82) is 5.26 Å². The number of aryl methyl sites for hydroxylation is 1. The van der Waals surface area contributed by atoms with E-state index in [4.69, 9.17) is 4.98 Å². The first kappa shape index (κ1) is 16.8. The number of H-pyrrole nitrogens is 1. The van der Waals surface area contributed by atoms with Gasteiger partial charge < -0.3 is 4.98 Å². The van der Waals surface area contributed by atoms with Crippen LogP contribution in [0.5, 0.6) is 0 Å². The molecule has 4 rings (SSSR count). The van der Waals surface area contributed by atoms with Gasteiger partial charge in [0.15, 0.2) is 5.78 Å². The number of hydrogen-bond donors (Lipinski definition) is 1. The highest BCUT2D eigenvalue weighted by Crippen LogP contribution is 2.45. The number of aromatic nitrogens is 2. The van der Waals surface area contributed by atoms with Gasteiger partial charge in [-0.2, -0.15) is 5.26 Å². The van der Waals surface area contributed by atoms with Crippen LogP contribution in [0.15, 0.2) is 35.9 Å². The second-order valence-corrected chi connectivity index (χ2v) is 7.80. The van der Waals surface area contributed by atoms with Gasteiger partial charge in [0.1, 0.15) is 11.9 Å². The lowest BCUT2D eigenvalue weighted by atomic mass is 9.67. The van der Waals surface area contributed by atoms with E-state index in [9.17, 15) is 10.1 Å². The van der Waals surface area contributed by atoms with Crippen LogP contribution in [0.25, 0.3) is 11.4 Å². The van der Waals surface area contributed by atoms with Crippen molar-refractivity contribution in [1.82, 2.24) is 9.97 Å². The zero-order valence-electron chi connectivity index (χ0n) is 15.4. The number of Topliss-reactive ketones (excluding diaryl/α,β-unsaturated/α-hetero) is 1. The summed E-state index contributed by atoms with van der Waals surface area (Å²) in [6.45, 7) is 6.32. The summed E-state index contributed by atoms with van der Waals surface area (Å²) in [4.78, 5) is 20.7. The number of allylic oxidation sites excluding steroid dienone is 2. The predicted octanol–water partition coefficient (Wildman–Crippen LogP) is 4.51. The fraction of sp³-hybridized carbons (Fsp3) is 0.409. The van der Waals surface area contributed by atoms with Gasteiger partial charge in [-0.3, -0.25) is 4.79 Å². The van der Waals surface area contributed by atoms with Gasteiger partial charge in [-0.1, -0.05) is 51.1 Å². The first-order valence-electron chi connectivity index (χ1n) is 9.34. The third-order valence-corrected chi connectivity index (χ3v) is 5.95. The van der Waals surface area contributed by atoms with Crippen LogP contribution in [0.1, 0.15) is 56.0 Å². The van der Waals surface area contributed by atoms with E-state index in [1.807, 2.05) is 13.0 Å². The Labute approximate surface area is 154 Å². The predicted molar refractivity (Wildman–Crippen MR) is 101 cm³/mol. The molecule has 2 aromatic rings. The number of nitrogens with zero attached hydrogens (tertiary/aromatic N) is 2. The molecule has 3 atom stereocenters. The van der Waals surface area contributed by atoms with Crippen LogP contribution in [0.3, 0.4) is 0 Å². The van der Waals surface area contributed by atoms with Crippen LogP contribution in [-0.2, 0) is 11.2 Å². The van der Waals surface area contributed by atoms with Gasteiger partial charge in [-0.05, 0) is 30.2 Å². The number of imidazole rings is 1. The van der Waals surface area contributed by atoms with E-state index in [2.05, 4.69) is 49.2 Å². The molecule has 0 bridgehead atoms. The van der Waals surface area contributed by atoms with Gasteiger partial charge in [0.25, 0.3) is 0 Å². The van der Waals surface area contributed by atoms with Crippen molar-refractivity contribution < 1.29 is 4.79 Å². The number of carbonyl (C=O) groups is 1. The molecule has 0 aliphatic heterocycles. The third kappa shape index (κ3) is 2.59. The van der Waals surface area contributed by atoms with E-state index in [1.165, 1.54) is 5.56 Å². The summed E-state index contributed by atoms with van der Waals surface area (Å²) in [6, 6.07) is 10.6. The van der Waals surface area contributed by atoms with Gasteiger partial charge in [-0.15, -0.1) is 0 Å². The van der Waals surface area contributed by atoms with Crippen molar-refractivity contribution in [2.75, 3.05) is 0 Å².